The zero-order valence-corrected chi connectivity index (χ0v) is 14.0. The lowest BCUT2D eigenvalue weighted by Gasteiger charge is -2.09. The van der Waals surface area contributed by atoms with E-state index in [2.05, 4.69) is 16.6 Å². The Morgan fingerprint density at radius 3 is 2.38 bits per heavy atom. The van der Waals surface area contributed by atoms with Gasteiger partial charge in [0.25, 0.3) is 0 Å². The van der Waals surface area contributed by atoms with Crippen LogP contribution in [0.1, 0.15) is 29.5 Å². The summed E-state index contributed by atoms with van der Waals surface area (Å²) in [7, 11) is 0. The monoisotopic (exact) mass is 361 g/mol. The van der Waals surface area contributed by atoms with E-state index in [0.29, 0.717) is 29.2 Å². The Balaban J connectivity index is 1.76. The zero-order chi connectivity index (χ0) is 18.5. The average Bonchev–Trinajstić information content (AvgIpc) is 3.44. The standard InChI is InChI=1S/C20H18F3NO2/c21-17-7-5-14(10-19(17)25-12-15-3-4-15)2-1-13-6-8-18(26-20(22)23)16(9-13)11-24/h5-10,15,20H,3-4,11-12,24H2. The Hall–Kier alpha value is -2.65. The maximum atomic E-state index is 13.8. The molecule has 0 unspecified atom stereocenters. The van der Waals surface area contributed by atoms with Crippen molar-refractivity contribution in [3.05, 3.63) is 58.9 Å². The minimum atomic E-state index is -2.91. The van der Waals surface area contributed by atoms with Gasteiger partial charge in [-0.1, -0.05) is 11.8 Å². The summed E-state index contributed by atoms with van der Waals surface area (Å²) in [5, 5.41) is 0. The maximum Gasteiger partial charge on any atom is 0.387 e. The molecular weight excluding hydrogens is 343 g/mol. The molecule has 6 heteroatoms. The Kier molecular flexibility index (Phi) is 5.69. The molecular formula is C20H18F3NO2. The smallest absolute Gasteiger partial charge is 0.387 e. The Bertz CT molecular complexity index is 839. The van der Waals surface area contributed by atoms with Crippen LogP contribution in [0.2, 0.25) is 0 Å². The van der Waals surface area contributed by atoms with Crippen LogP contribution in [0.5, 0.6) is 11.5 Å². The van der Waals surface area contributed by atoms with Gasteiger partial charge in [-0.05, 0) is 55.2 Å². The molecule has 1 fully saturated rings. The molecule has 0 amide bonds. The molecule has 136 valence electrons. The molecule has 2 aromatic rings. The van der Waals surface area contributed by atoms with Crippen molar-refractivity contribution in [2.24, 2.45) is 11.7 Å². The minimum absolute atomic E-state index is 0.0330. The summed E-state index contributed by atoms with van der Waals surface area (Å²) in [6, 6.07) is 9.01. The highest BCUT2D eigenvalue weighted by atomic mass is 19.3. The highest BCUT2D eigenvalue weighted by Crippen LogP contribution is 2.30. The van der Waals surface area contributed by atoms with E-state index in [1.807, 2.05) is 0 Å². The summed E-state index contributed by atoms with van der Waals surface area (Å²) in [5.74, 6) is 6.15. The third kappa shape index (κ3) is 4.93. The van der Waals surface area contributed by atoms with Crippen LogP contribution >= 0.6 is 0 Å². The SMILES string of the molecule is NCc1cc(C#Cc2ccc(F)c(OCC3CC3)c2)ccc1OC(F)F. The molecule has 26 heavy (non-hydrogen) atoms. The molecule has 3 rings (SSSR count). The summed E-state index contributed by atoms with van der Waals surface area (Å²) in [4.78, 5) is 0. The van der Waals surface area contributed by atoms with Crippen molar-refractivity contribution in [1.29, 1.82) is 0 Å². The van der Waals surface area contributed by atoms with Crippen LogP contribution in [0.15, 0.2) is 36.4 Å². The highest BCUT2D eigenvalue weighted by molar-refractivity contribution is 5.49. The van der Waals surface area contributed by atoms with Gasteiger partial charge in [-0.25, -0.2) is 4.39 Å². The second kappa shape index (κ2) is 8.15. The first-order valence-corrected chi connectivity index (χ1v) is 8.27. The third-order valence-corrected chi connectivity index (χ3v) is 3.95. The quantitative estimate of drug-likeness (QED) is 0.789. The molecule has 3 nitrogen and oxygen atoms in total. The topological polar surface area (TPSA) is 44.5 Å². The van der Waals surface area contributed by atoms with Crippen LogP contribution in [0.3, 0.4) is 0 Å². The van der Waals surface area contributed by atoms with Gasteiger partial charge in [-0.3, -0.25) is 0 Å². The lowest BCUT2D eigenvalue weighted by molar-refractivity contribution is -0.0504. The van der Waals surface area contributed by atoms with Crippen LogP contribution < -0.4 is 15.2 Å². The Labute approximate surface area is 149 Å². The first-order valence-electron chi connectivity index (χ1n) is 8.27. The molecule has 0 aliphatic heterocycles. The van der Waals surface area contributed by atoms with Gasteiger partial charge in [0.15, 0.2) is 11.6 Å². The summed E-state index contributed by atoms with van der Waals surface area (Å²) < 4.78 is 48.4. The van der Waals surface area contributed by atoms with Gasteiger partial charge >= 0.3 is 6.61 Å². The van der Waals surface area contributed by atoms with Gasteiger partial charge in [0.05, 0.1) is 6.61 Å². The van der Waals surface area contributed by atoms with E-state index in [1.54, 1.807) is 24.3 Å². The van der Waals surface area contributed by atoms with Crippen molar-refractivity contribution in [1.82, 2.24) is 0 Å². The third-order valence-electron chi connectivity index (χ3n) is 3.95. The fourth-order valence-corrected chi connectivity index (χ4v) is 2.36. The van der Waals surface area contributed by atoms with E-state index in [1.165, 1.54) is 12.1 Å². The van der Waals surface area contributed by atoms with E-state index in [9.17, 15) is 13.2 Å². The molecule has 0 saturated heterocycles. The molecule has 0 aromatic heterocycles. The molecule has 0 heterocycles. The summed E-state index contributed by atoms with van der Waals surface area (Å²) in [6.45, 7) is -2.35. The molecule has 0 radical (unpaired) electrons. The molecule has 1 aliphatic carbocycles. The fourth-order valence-electron chi connectivity index (χ4n) is 2.36. The first-order chi connectivity index (χ1) is 12.5. The molecule has 1 aliphatic rings. The van der Waals surface area contributed by atoms with Gasteiger partial charge in [0.2, 0.25) is 0 Å². The van der Waals surface area contributed by atoms with Gasteiger partial charge in [-0.2, -0.15) is 8.78 Å². The normalized spacial score (nSPS) is 13.3. The van der Waals surface area contributed by atoms with Crippen LogP contribution in [-0.4, -0.2) is 13.2 Å². The Morgan fingerprint density at radius 1 is 1.04 bits per heavy atom. The van der Waals surface area contributed by atoms with Crippen molar-refractivity contribution < 1.29 is 22.6 Å². The van der Waals surface area contributed by atoms with Crippen molar-refractivity contribution in [3.63, 3.8) is 0 Å². The van der Waals surface area contributed by atoms with Gasteiger partial charge in [-0.15, -0.1) is 0 Å². The van der Waals surface area contributed by atoms with E-state index in [0.717, 1.165) is 12.8 Å². The maximum absolute atomic E-state index is 13.8. The van der Waals surface area contributed by atoms with Gasteiger partial charge < -0.3 is 15.2 Å². The van der Waals surface area contributed by atoms with E-state index >= 15 is 0 Å². The van der Waals surface area contributed by atoms with Crippen molar-refractivity contribution >= 4 is 0 Å². The number of rotatable bonds is 6. The summed E-state index contributed by atoms with van der Waals surface area (Å²) in [5.41, 5.74) is 7.20. The highest BCUT2D eigenvalue weighted by Gasteiger charge is 2.22. The number of ether oxygens (including phenoxy) is 2. The predicted octanol–water partition coefficient (Wildman–Crippen LogP) is 4.07. The average molecular weight is 361 g/mol. The van der Waals surface area contributed by atoms with Crippen molar-refractivity contribution in [3.8, 4) is 23.3 Å². The molecule has 0 atom stereocenters. The number of halogens is 3. The van der Waals surface area contributed by atoms with E-state index in [4.69, 9.17) is 10.5 Å². The van der Waals surface area contributed by atoms with Gasteiger partial charge in [0.1, 0.15) is 5.75 Å². The Morgan fingerprint density at radius 2 is 1.73 bits per heavy atom. The lowest BCUT2D eigenvalue weighted by Crippen LogP contribution is -2.07. The van der Waals surface area contributed by atoms with Crippen LogP contribution in [0.25, 0.3) is 0 Å². The molecule has 1 saturated carbocycles. The molecule has 2 N–H and O–H groups in total. The second-order valence-electron chi connectivity index (χ2n) is 6.05. The van der Waals surface area contributed by atoms with E-state index < -0.39 is 12.4 Å². The van der Waals surface area contributed by atoms with E-state index in [-0.39, 0.29) is 18.0 Å². The lowest BCUT2D eigenvalue weighted by atomic mass is 10.1. The number of alkyl halides is 2. The minimum Gasteiger partial charge on any atom is -0.490 e. The van der Waals surface area contributed by atoms with Crippen LogP contribution in [0, 0.1) is 23.6 Å². The number of hydrogen-bond donors (Lipinski definition) is 1. The predicted molar refractivity (Wildman–Crippen MR) is 91.6 cm³/mol. The number of nitrogens with two attached hydrogens (primary N) is 1. The van der Waals surface area contributed by atoms with Gasteiger partial charge in [0, 0.05) is 23.2 Å². The molecule has 2 aromatic carbocycles. The largest absolute Gasteiger partial charge is 0.490 e. The number of benzene rings is 2. The number of hydrogen-bond acceptors (Lipinski definition) is 3. The van der Waals surface area contributed by atoms with Crippen molar-refractivity contribution in [2.75, 3.05) is 6.61 Å². The fraction of sp³-hybridized carbons (Fsp3) is 0.300. The van der Waals surface area contributed by atoms with Crippen LogP contribution in [-0.2, 0) is 6.54 Å². The second-order valence-corrected chi connectivity index (χ2v) is 6.05. The summed E-state index contributed by atoms with van der Waals surface area (Å²) >= 11 is 0. The molecule has 0 spiro atoms. The zero-order valence-electron chi connectivity index (χ0n) is 14.0. The first kappa shape index (κ1) is 18.2. The molecule has 0 bridgehead atoms. The van der Waals surface area contributed by atoms with Crippen molar-refractivity contribution in [2.45, 2.75) is 26.0 Å². The van der Waals surface area contributed by atoms with Crippen LogP contribution in [0.4, 0.5) is 13.2 Å². The summed E-state index contributed by atoms with van der Waals surface area (Å²) in [6.07, 6.45) is 2.24.